The average Bonchev–Trinajstić information content (AvgIpc) is 2.67. The molecular formula is C20H19F3N4O3. The second kappa shape index (κ2) is 8.54. The third-order valence-electron chi connectivity index (χ3n) is 4.17. The van der Waals surface area contributed by atoms with E-state index in [0.29, 0.717) is 24.5 Å². The minimum Gasteiger partial charge on any atom is -0.462 e. The molecule has 7 nitrogen and oxygen atoms in total. The molecule has 158 valence electrons. The molecule has 2 aromatic heterocycles. The van der Waals surface area contributed by atoms with Gasteiger partial charge in [-0.05, 0) is 26.0 Å². The monoisotopic (exact) mass is 420 g/mol. The van der Waals surface area contributed by atoms with Gasteiger partial charge in [0.25, 0.3) is 0 Å². The van der Waals surface area contributed by atoms with Crippen molar-refractivity contribution in [1.29, 1.82) is 0 Å². The number of fused-ring (bicyclic) bond motifs is 1. The van der Waals surface area contributed by atoms with Gasteiger partial charge >= 0.3 is 5.97 Å². The minimum atomic E-state index is -1.23. The maximum Gasteiger partial charge on any atom is 0.343 e. The zero-order chi connectivity index (χ0) is 22.0. The van der Waals surface area contributed by atoms with E-state index < -0.39 is 40.1 Å². The summed E-state index contributed by atoms with van der Waals surface area (Å²) in [5, 5.41) is 2.87. The highest BCUT2D eigenvalue weighted by Crippen LogP contribution is 2.24. The van der Waals surface area contributed by atoms with Gasteiger partial charge in [-0.3, -0.25) is 9.36 Å². The topological polar surface area (TPSA) is 99.2 Å². The summed E-state index contributed by atoms with van der Waals surface area (Å²) in [5.41, 5.74) is 3.73. The van der Waals surface area contributed by atoms with Crippen LogP contribution in [0.3, 0.4) is 0 Å². The fourth-order valence-corrected chi connectivity index (χ4v) is 2.86. The predicted octanol–water partition coefficient (Wildman–Crippen LogP) is 2.74. The van der Waals surface area contributed by atoms with E-state index in [2.05, 4.69) is 10.3 Å². The van der Waals surface area contributed by atoms with Crippen molar-refractivity contribution in [2.75, 3.05) is 18.5 Å². The number of pyridine rings is 2. The summed E-state index contributed by atoms with van der Waals surface area (Å²) < 4.78 is 48.2. The molecule has 0 bridgehead atoms. The lowest BCUT2D eigenvalue weighted by Gasteiger charge is -2.15. The Kier molecular flexibility index (Phi) is 6.06. The van der Waals surface area contributed by atoms with E-state index in [4.69, 9.17) is 10.5 Å². The third-order valence-corrected chi connectivity index (χ3v) is 4.17. The lowest BCUT2D eigenvalue weighted by molar-refractivity contribution is 0.0524. The molecule has 0 aliphatic rings. The summed E-state index contributed by atoms with van der Waals surface area (Å²) in [6.07, 6.45) is 0.935. The van der Waals surface area contributed by atoms with Gasteiger partial charge in [0.15, 0.2) is 17.3 Å². The van der Waals surface area contributed by atoms with Crippen LogP contribution in [-0.4, -0.2) is 34.7 Å². The maximum atomic E-state index is 14.5. The van der Waals surface area contributed by atoms with Gasteiger partial charge in [0.1, 0.15) is 22.9 Å². The zero-order valence-electron chi connectivity index (χ0n) is 16.2. The lowest BCUT2D eigenvalue weighted by Crippen LogP contribution is -2.26. The van der Waals surface area contributed by atoms with Crippen LogP contribution in [-0.2, 0) is 4.74 Å². The molecule has 1 atom stereocenters. The van der Waals surface area contributed by atoms with E-state index in [9.17, 15) is 22.8 Å². The fourth-order valence-electron chi connectivity index (χ4n) is 2.86. The van der Waals surface area contributed by atoms with Gasteiger partial charge in [-0.15, -0.1) is 0 Å². The molecule has 3 N–H and O–H groups in total. The van der Waals surface area contributed by atoms with Gasteiger partial charge in [0.2, 0.25) is 5.43 Å². The Bertz CT molecular complexity index is 1150. The number of hydrogen-bond donors (Lipinski definition) is 2. The van der Waals surface area contributed by atoms with Crippen LogP contribution in [0.5, 0.6) is 0 Å². The number of nitrogens with one attached hydrogen (secondary N) is 1. The van der Waals surface area contributed by atoms with Gasteiger partial charge in [-0.2, -0.15) is 0 Å². The molecule has 0 fully saturated rings. The van der Waals surface area contributed by atoms with Crippen LogP contribution < -0.4 is 16.5 Å². The van der Waals surface area contributed by atoms with E-state index >= 15 is 0 Å². The van der Waals surface area contributed by atoms with E-state index in [-0.39, 0.29) is 23.7 Å². The highest BCUT2D eigenvalue weighted by molar-refractivity contribution is 5.93. The van der Waals surface area contributed by atoms with Gasteiger partial charge in [0.05, 0.1) is 12.0 Å². The maximum absolute atomic E-state index is 14.5. The van der Waals surface area contributed by atoms with Crippen LogP contribution >= 0.6 is 0 Å². The number of benzene rings is 1. The zero-order valence-corrected chi connectivity index (χ0v) is 16.2. The van der Waals surface area contributed by atoms with E-state index in [1.54, 1.807) is 13.8 Å². The number of carbonyl (C=O) groups excluding carboxylic acids is 1. The standard InChI is InChI=1S/C20H19F3N4O3/c1-3-30-20(29)13-9-27(17-14(22)6-11(21)7-15(17)23)19-12(18(13)28)4-5-16(26-19)25-8-10(2)24/h4-7,9-10H,3,8,24H2,1-2H3,(H,25,26). The molecule has 10 heteroatoms. The second-order valence-electron chi connectivity index (χ2n) is 6.61. The summed E-state index contributed by atoms with van der Waals surface area (Å²) in [5.74, 6) is -4.25. The molecule has 0 spiro atoms. The van der Waals surface area contributed by atoms with E-state index in [1.807, 2.05) is 0 Å². The molecule has 30 heavy (non-hydrogen) atoms. The molecular weight excluding hydrogens is 401 g/mol. The van der Waals surface area contributed by atoms with Gasteiger partial charge < -0.3 is 15.8 Å². The molecule has 1 aromatic carbocycles. The number of nitrogens with two attached hydrogens (primary N) is 1. The molecule has 0 aliphatic carbocycles. The van der Waals surface area contributed by atoms with Crippen molar-refractivity contribution in [1.82, 2.24) is 9.55 Å². The van der Waals surface area contributed by atoms with Crippen molar-refractivity contribution in [3.63, 3.8) is 0 Å². The largest absolute Gasteiger partial charge is 0.462 e. The van der Waals surface area contributed by atoms with Crippen LogP contribution in [0.2, 0.25) is 0 Å². The Labute approximate surface area is 169 Å². The van der Waals surface area contributed by atoms with Crippen molar-refractivity contribution in [2.45, 2.75) is 19.9 Å². The van der Waals surface area contributed by atoms with Gasteiger partial charge in [-0.25, -0.2) is 22.9 Å². The molecule has 3 aromatic rings. The van der Waals surface area contributed by atoms with Crippen LogP contribution in [0.1, 0.15) is 24.2 Å². The Morgan fingerprint density at radius 3 is 2.53 bits per heavy atom. The molecule has 0 saturated heterocycles. The fraction of sp³-hybridized carbons (Fsp3) is 0.250. The predicted molar refractivity (Wildman–Crippen MR) is 105 cm³/mol. The molecule has 1 unspecified atom stereocenters. The highest BCUT2D eigenvalue weighted by Gasteiger charge is 2.22. The van der Waals surface area contributed by atoms with E-state index in [0.717, 1.165) is 10.8 Å². The van der Waals surface area contributed by atoms with Crippen molar-refractivity contribution >= 4 is 22.8 Å². The Balaban J connectivity index is 2.34. The Morgan fingerprint density at radius 1 is 1.27 bits per heavy atom. The van der Waals surface area contributed by atoms with E-state index in [1.165, 1.54) is 12.1 Å². The number of anilines is 1. The second-order valence-corrected chi connectivity index (χ2v) is 6.61. The van der Waals surface area contributed by atoms with Crippen molar-refractivity contribution in [2.24, 2.45) is 5.73 Å². The van der Waals surface area contributed by atoms with Gasteiger partial charge in [0, 0.05) is 30.9 Å². The van der Waals surface area contributed by atoms with Crippen molar-refractivity contribution < 1.29 is 22.7 Å². The number of esters is 1. The first kappa shape index (κ1) is 21.3. The lowest BCUT2D eigenvalue weighted by atomic mass is 10.1. The number of halogens is 3. The number of carbonyl (C=O) groups is 1. The Hall–Kier alpha value is -3.40. The van der Waals surface area contributed by atoms with Crippen LogP contribution in [0, 0.1) is 17.5 Å². The number of nitrogens with zero attached hydrogens (tertiary/aromatic N) is 2. The number of rotatable bonds is 6. The first-order valence-electron chi connectivity index (χ1n) is 9.10. The van der Waals surface area contributed by atoms with Gasteiger partial charge in [-0.1, -0.05) is 0 Å². The molecule has 2 heterocycles. The molecule has 0 amide bonds. The SMILES string of the molecule is CCOC(=O)c1cn(-c2c(F)cc(F)cc2F)c2nc(NCC(C)N)ccc2c1=O. The van der Waals surface area contributed by atoms with Crippen molar-refractivity contribution in [3.05, 3.63) is 63.7 Å². The normalized spacial score (nSPS) is 12.1. The molecule has 0 aliphatic heterocycles. The molecule has 3 rings (SSSR count). The summed E-state index contributed by atoms with van der Waals surface area (Å²) in [6.45, 7) is 3.66. The highest BCUT2D eigenvalue weighted by atomic mass is 19.1. The van der Waals surface area contributed by atoms with Crippen LogP contribution in [0.4, 0.5) is 19.0 Å². The third kappa shape index (κ3) is 4.13. The van der Waals surface area contributed by atoms with Crippen LogP contribution in [0.25, 0.3) is 16.7 Å². The minimum absolute atomic E-state index is 0.00599. The molecule has 0 saturated carbocycles. The number of ether oxygens (including phenoxy) is 1. The van der Waals surface area contributed by atoms with Crippen molar-refractivity contribution in [3.8, 4) is 5.69 Å². The molecule has 0 radical (unpaired) electrons. The first-order valence-corrected chi connectivity index (χ1v) is 9.10. The quantitative estimate of drug-likeness (QED) is 0.595. The first-order chi connectivity index (χ1) is 14.2. The smallest absolute Gasteiger partial charge is 0.343 e. The summed E-state index contributed by atoms with van der Waals surface area (Å²) in [6, 6.07) is 3.62. The summed E-state index contributed by atoms with van der Waals surface area (Å²) in [4.78, 5) is 29.3. The summed E-state index contributed by atoms with van der Waals surface area (Å²) in [7, 11) is 0. The summed E-state index contributed by atoms with van der Waals surface area (Å²) >= 11 is 0. The average molecular weight is 420 g/mol. The number of hydrogen-bond acceptors (Lipinski definition) is 6. The number of aromatic nitrogens is 2. The Morgan fingerprint density at radius 2 is 1.93 bits per heavy atom. The van der Waals surface area contributed by atoms with Crippen LogP contribution in [0.15, 0.2) is 35.3 Å².